The van der Waals surface area contributed by atoms with Crippen molar-refractivity contribution in [2.75, 3.05) is 5.32 Å². The Morgan fingerprint density at radius 2 is 1.07 bits per heavy atom. The zero-order chi connectivity index (χ0) is 29.0. The van der Waals surface area contributed by atoms with Crippen LogP contribution in [0.4, 0.5) is 11.4 Å². The molecule has 2 nitrogen and oxygen atoms in total. The lowest BCUT2D eigenvalue weighted by Crippen LogP contribution is -2.14. The number of nitrogens with one attached hydrogen (secondary N) is 1. The van der Waals surface area contributed by atoms with Crippen molar-refractivity contribution in [3.05, 3.63) is 163 Å². The minimum absolute atomic E-state index is 0.110. The second-order valence-electron chi connectivity index (χ2n) is 11.9. The van der Waals surface area contributed by atoms with E-state index in [2.05, 4.69) is 157 Å². The van der Waals surface area contributed by atoms with E-state index in [0.29, 0.717) is 0 Å². The van der Waals surface area contributed by atoms with Crippen molar-refractivity contribution in [2.45, 2.75) is 19.3 Å². The molecule has 0 radical (unpaired) electrons. The molecule has 0 saturated carbocycles. The van der Waals surface area contributed by atoms with Gasteiger partial charge in [-0.05, 0) is 81.9 Å². The van der Waals surface area contributed by atoms with E-state index in [1.54, 1.807) is 0 Å². The number of nitrogens with zero attached hydrogens (tertiary/aromatic N) is 1. The smallest absolute Gasteiger partial charge is 0.0585 e. The third kappa shape index (κ3) is 4.18. The monoisotopic (exact) mass is 552 g/mol. The van der Waals surface area contributed by atoms with Gasteiger partial charge in [-0.25, -0.2) is 0 Å². The predicted octanol–water partition coefficient (Wildman–Crippen LogP) is 11.0. The number of benzene rings is 6. The molecule has 8 rings (SSSR count). The molecule has 0 aliphatic heterocycles. The molecule has 0 unspecified atom stereocenters. The topological polar surface area (TPSA) is 17.0 Å². The van der Waals surface area contributed by atoms with E-state index in [4.69, 9.17) is 0 Å². The summed E-state index contributed by atoms with van der Waals surface area (Å²) in [7, 11) is 0. The first-order valence-electron chi connectivity index (χ1n) is 15.0. The molecule has 2 heteroatoms. The fourth-order valence-electron chi connectivity index (χ4n) is 6.86. The second kappa shape index (κ2) is 9.89. The normalized spacial score (nSPS) is 13.1. The fraction of sp³-hybridized carbons (Fsp3) is 0.0732. The lowest BCUT2D eigenvalue weighted by molar-refractivity contribution is 0.666. The molecule has 1 aliphatic rings. The fourth-order valence-corrected chi connectivity index (χ4v) is 6.86. The van der Waals surface area contributed by atoms with E-state index < -0.39 is 0 Å². The minimum Gasteiger partial charge on any atom is -0.356 e. The van der Waals surface area contributed by atoms with E-state index in [0.717, 1.165) is 11.4 Å². The molecule has 1 N–H and O–H groups in total. The Balaban J connectivity index is 1.25. The summed E-state index contributed by atoms with van der Waals surface area (Å²) >= 11 is 0. The van der Waals surface area contributed by atoms with Crippen LogP contribution in [0.2, 0.25) is 0 Å². The summed E-state index contributed by atoms with van der Waals surface area (Å²) in [5.41, 5.74) is 14.8. The maximum atomic E-state index is 3.50. The van der Waals surface area contributed by atoms with Gasteiger partial charge >= 0.3 is 0 Å². The number of anilines is 2. The Labute approximate surface area is 252 Å². The molecule has 1 aliphatic carbocycles. The van der Waals surface area contributed by atoms with Gasteiger partial charge < -0.3 is 9.88 Å². The van der Waals surface area contributed by atoms with Crippen LogP contribution in [0.15, 0.2) is 152 Å². The quantitative estimate of drug-likeness (QED) is 0.225. The molecule has 0 spiro atoms. The summed E-state index contributed by atoms with van der Waals surface area (Å²) in [6.07, 6.45) is 0. The van der Waals surface area contributed by atoms with Crippen molar-refractivity contribution in [3.63, 3.8) is 0 Å². The lowest BCUT2D eigenvalue weighted by atomic mass is 9.81. The van der Waals surface area contributed by atoms with Gasteiger partial charge in [0, 0.05) is 33.4 Å². The van der Waals surface area contributed by atoms with Crippen molar-refractivity contribution in [2.24, 2.45) is 0 Å². The first-order chi connectivity index (χ1) is 21.1. The van der Waals surface area contributed by atoms with Gasteiger partial charge in [0.15, 0.2) is 0 Å². The van der Waals surface area contributed by atoms with Gasteiger partial charge in [-0.1, -0.05) is 117 Å². The molecule has 206 valence electrons. The Kier molecular flexibility index (Phi) is 5.84. The second-order valence-corrected chi connectivity index (χ2v) is 11.9. The van der Waals surface area contributed by atoms with E-state index >= 15 is 0 Å². The van der Waals surface area contributed by atoms with Gasteiger partial charge in [-0.3, -0.25) is 0 Å². The van der Waals surface area contributed by atoms with Crippen LogP contribution in [0.5, 0.6) is 0 Å². The van der Waals surface area contributed by atoms with Crippen molar-refractivity contribution in [3.8, 4) is 39.2 Å². The van der Waals surface area contributed by atoms with Crippen LogP contribution < -0.4 is 5.32 Å². The average Bonchev–Trinajstić information content (AvgIpc) is 3.52. The van der Waals surface area contributed by atoms with Gasteiger partial charge in [-0.15, -0.1) is 0 Å². The highest BCUT2D eigenvalue weighted by atomic mass is 15.0. The average molecular weight is 553 g/mol. The number of aromatic nitrogens is 1. The molecule has 43 heavy (non-hydrogen) atoms. The molecule has 0 saturated heterocycles. The molecule has 6 aromatic carbocycles. The Morgan fingerprint density at radius 1 is 0.512 bits per heavy atom. The van der Waals surface area contributed by atoms with Crippen molar-refractivity contribution in [1.82, 2.24) is 4.57 Å². The molecule has 0 atom stereocenters. The first kappa shape index (κ1) is 25.4. The van der Waals surface area contributed by atoms with Crippen LogP contribution in [-0.4, -0.2) is 4.57 Å². The van der Waals surface area contributed by atoms with Crippen LogP contribution in [-0.2, 0) is 5.41 Å². The van der Waals surface area contributed by atoms with E-state index in [-0.39, 0.29) is 5.41 Å². The minimum atomic E-state index is -0.110. The third-order valence-electron chi connectivity index (χ3n) is 8.96. The van der Waals surface area contributed by atoms with Crippen molar-refractivity contribution >= 4 is 22.3 Å². The Bertz CT molecular complexity index is 2080. The number of hydrogen-bond donors (Lipinski definition) is 1. The highest BCUT2D eigenvalue weighted by molar-refractivity contribution is 6.00. The Hall–Kier alpha value is -5.34. The third-order valence-corrected chi connectivity index (χ3v) is 8.96. The molecule has 7 aromatic rings. The Morgan fingerprint density at radius 3 is 1.81 bits per heavy atom. The molecule has 1 aromatic heterocycles. The zero-order valence-corrected chi connectivity index (χ0v) is 24.4. The highest BCUT2D eigenvalue weighted by Crippen LogP contribution is 2.54. The summed E-state index contributed by atoms with van der Waals surface area (Å²) in [4.78, 5) is 0. The first-order valence-corrected chi connectivity index (χ1v) is 15.0. The summed E-state index contributed by atoms with van der Waals surface area (Å²) in [6, 6.07) is 54.6. The van der Waals surface area contributed by atoms with Crippen molar-refractivity contribution < 1.29 is 0 Å². The van der Waals surface area contributed by atoms with Crippen LogP contribution in [0, 0.1) is 0 Å². The van der Waals surface area contributed by atoms with Gasteiger partial charge in [0.25, 0.3) is 0 Å². The summed E-state index contributed by atoms with van der Waals surface area (Å²) < 4.78 is 2.48. The maximum Gasteiger partial charge on any atom is 0.0585 e. The van der Waals surface area contributed by atoms with Crippen LogP contribution in [0.1, 0.15) is 25.0 Å². The number of rotatable bonds is 5. The molecule has 1 heterocycles. The molecular weight excluding hydrogens is 520 g/mol. The van der Waals surface area contributed by atoms with Gasteiger partial charge in [0.1, 0.15) is 0 Å². The zero-order valence-electron chi connectivity index (χ0n) is 24.4. The summed E-state index contributed by atoms with van der Waals surface area (Å²) in [5.74, 6) is 0. The van der Waals surface area contributed by atoms with Gasteiger partial charge in [-0.2, -0.15) is 0 Å². The largest absolute Gasteiger partial charge is 0.356 e. The SMILES string of the molecule is CC1(C)c2ccc(-c3ccc(Nc4ccccc4)cc3)cc2-c2c1c1ccccc1n2-c1ccc(-c2ccccc2)cc1. The van der Waals surface area contributed by atoms with E-state index in [1.807, 2.05) is 18.2 Å². The molecular formula is C41H32N2. The van der Waals surface area contributed by atoms with Crippen LogP contribution >= 0.6 is 0 Å². The lowest BCUT2D eigenvalue weighted by Gasteiger charge is -2.21. The number of fused-ring (bicyclic) bond motifs is 5. The van der Waals surface area contributed by atoms with E-state index in [1.165, 1.54) is 61.2 Å². The summed E-state index contributed by atoms with van der Waals surface area (Å²) in [6.45, 7) is 4.74. The summed E-state index contributed by atoms with van der Waals surface area (Å²) in [5, 5.41) is 4.82. The highest BCUT2D eigenvalue weighted by Gasteiger charge is 2.40. The van der Waals surface area contributed by atoms with Gasteiger partial charge in [0.2, 0.25) is 0 Å². The molecule has 0 amide bonds. The number of para-hydroxylation sites is 2. The van der Waals surface area contributed by atoms with Crippen LogP contribution in [0.25, 0.3) is 50.1 Å². The van der Waals surface area contributed by atoms with Crippen LogP contribution in [0.3, 0.4) is 0 Å². The predicted molar refractivity (Wildman–Crippen MR) is 181 cm³/mol. The molecule has 0 fully saturated rings. The maximum absolute atomic E-state index is 3.50. The molecule has 0 bridgehead atoms. The van der Waals surface area contributed by atoms with Crippen molar-refractivity contribution in [1.29, 1.82) is 0 Å². The van der Waals surface area contributed by atoms with E-state index in [9.17, 15) is 0 Å². The van der Waals surface area contributed by atoms with Gasteiger partial charge in [0.05, 0.1) is 11.2 Å². The standard InChI is InChI=1S/C41H32N2/c1-41(2)37-26-21-31(30-17-22-33(23-18-30)42-32-13-7-4-8-14-32)27-36(37)40-39(41)35-15-9-10-16-38(35)43(40)34-24-19-29(20-25-34)28-11-5-3-6-12-28/h3-27,42H,1-2H3. The number of hydrogen-bond acceptors (Lipinski definition) is 1.